The highest BCUT2D eigenvalue weighted by Gasteiger charge is 2.30. The van der Waals surface area contributed by atoms with E-state index in [1.54, 1.807) is 17.4 Å². The molecular weight excluding hydrogens is 304 g/mol. The van der Waals surface area contributed by atoms with E-state index in [1.165, 1.54) is 4.88 Å². The largest absolute Gasteiger partial charge is 0.322 e. The van der Waals surface area contributed by atoms with Crippen LogP contribution in [0.15, 0.2) is 35.7 Å². The van der Waals surface area contributed by atoms with Crippen molar-refractivity contribution in [1.29, 1.82) is 0 Å². The molecule has 1 fully saturated rings. The lowest BCUT2D eigenvalue weighted by Crippen LogP contribution is -2.34. The molecule has 2 heterocycles. The number of hydrogen-bond donors (Lipinski definition) is 1. The number of nitrogens with zero attached hydrogens (tertiary/aromatic N) is 1. The van der Waals surface area contributed by atoms with Crippen molar-refractivity contribution in [2.75, 3.05) is 11.9 Å². The minimum atomic E-state index is -0.0502. The molecule has 0 saturated carbocycles. The van der Waals surface area contributed by atoms with Gasteiger partial charge in [0, 0.05) is 22.1 Å². The highest BCUT2D eigenvalue weighted by atomic mass is 35.5. The number of benzene rings is 1. The molecule has 3 rings (SSSR count). The molecule has 21 heavy (non-hydrogen) atoms. The second-order valence-corrected chi connectivity index (χ2v) is 6.65. The Morgan fingerprint density at radius 1 is 1.43 bits per heavy atom. The van der Waals surface area contributed by atoms with Gasteiger partial charge in [-0.1, -0.05) is 23.7 Å². The summed E-state index contributed by atoms with van der Waals surface area (Å²) in [7, 11) is 0. The zero-order valence-corrected chi connectivity index (χ0v) is 13.4. The van der Waals surface area contributed by atoms with Gasteiger partial charge in [-0.15, -0.1) is 11.3 Å². The molecule has 0 spiro atoms. The normalized spacial score (nSPS) is 18.0. The maximum Gasteiger partial charge on any atom is 0.322 e. The van der Waals surface area contributed by atoms with Crippen molar-refractivity contribution in [1.82, 2.24) is 4.90 Å². The molecule has 0 aliphatic carbocycles. The molecule has 3 nitrogen and oxygen atoms in total. The van der Waals surface area contributed by atoms with Gasteiger partial charge in [0.05, 0.1) is 6.04 Å². The van der Waals surface area contributed by atoms with E-state index >= 15 is 0 Å². The van der Waals surface area contributed by atoms with Crippen molar-refractivity contribution >= 4 is 34.7 Å². The highest BCUT2D eigenvalue weighted by molar-refractivity contribution is 7.10. The molecule has 2 aromatic rings. The predicted molar refractivity (Wildman–Crippen MR) is 88.2 cm³/mol. The average molecular weight is 321 g/mol. The second kappa shape index (κ2) is 6.08. The average Bonchev–Trinajstić information content (AvgIpc) is 3.12. The minimum Gasteiger partial charge on any atom is -0.317 e. The Labute approximate surface area is 133 Å². The number of urea groups is 1. The van der Waals surface area contributed by atoms with Gasteiger partial charge >= 0.3 is 6.03 Å². The monoisotopic (exact) mass is 320 g/mol. The van der Waals surface area contributed by atoms with Crippen LogP contribution in [0.1, 0.15) is 29.3 Å². The van der Waals surface area contributed by atoms with Crippen molar-refractivity contribution in [2.45, 2.75) is 25.8 Å². The van der Waals surface area contributed by atoms with Gasteiger partial charge in [0.2, 0.25) is 0 Å². The third-order valence-corrected chi connectivity index (χ3v) is 5.19. The molecule has 1 aliphatic heterocycles. The molecule has 0 bridgehead atoms. The first-order valence-electron chi connectivity index (χ1n) is 7.02. The number of thiophene rings is 1. The number of carbonyl (C=O) groups excluding carboxylic acids is 1. The minimum absolute atomic E-state index is 0.0502. The number of nitrogens with one attached hydrogen (secondary N) is 1. The first kappa shape index (κ1) is 14.4. The van der Waals surface area contributed by atoms with Crippen molar-refractivity contribution in [3.63, 3.8) is 0 Å². The lowest BCUT2D eigenvalue weighted by Gasteiger charge is -2.24. The molecule has 5 heteroatoms. The first-order valence-corrected chi connectivity index (χ1v) is 8.28. The predicted octanol–water partition coefficient (Wildman–Crippen LogP) is 5.08. The second-order valence-electron chi connectivity index (χ2n) is 5.26. The first-order chi connectivity index (χ1) is 10.1. The third kappa shape index (κ3) is 3.06. The number of anilines is 1. The van der Waals surface area contributed by atoms with Crippen LogP contribution in [0.5, 0.6) is 0 Å². The molecule has 110 valence electrons. The van der Waals surface area contributed by atoms with Gasteiger partial charge in [-0.05, 0) is 48.9 Å². The van der Waals surface area contributed by atoms with Crippen LogP contribution in [0.3, 0.4) is 0 Å². The molecule has 0 unspecified atom stereocenters. The van der Waals surface area contributed by atoms with E-state index in [4.69, 9.17) is 11.6 Å². The quantitative estimate of drug-likeness (QED) is 0.822. The van der Waals surface area contributed by atoms with E-state index in [9.17, 15) is 4.79 Å². The molecule has 1 N–H and O–H groups in total. The number of aryl methyl sites for hydroxylation is 1. The molecule has 1 saturated heterocycles. The summed E-state index contributed by atoms with van der Waals surface area (Å²) in [6.07, 6.45) is 2.08. The number of rotatable bonds is 2. The number of carbonyl (C=O) groups is 1. The molecule has 0 radical (unpaired) electrons. The van der Waals surface area contributed by atoms with Crippen LogP contribution >= 0.6 is 22.9 Å². The number of hydrogen-bond acceptors (Lipinski definition) is 2. The van der Waals surface area contributed by atoms with Crippen molar-refractivity contribution in [3.8, 4) is 0 Å². The SMILES string of the molecule is Cc1ccc(NC(=O)N2CCC[C@@H]2c2cccs2)cc1Cl. The lowest BCUT2D eigenvalue weighted by atomic mass is 10.2. The maximum absolute atomic E-state index is 12.5. The van der Waals surface area contributed by atoms with Crippen LogP contribution in [0.25, 0.3) is 0 Å². The van der Waals surface area contributed by atoms with Crippen LogP contribution in [-0.2, 0) is 0 Å². The van der Waals surface area contributed by atoms with E-state index in [-0.39, 0.29) is 12.1 Å². The fourth-order valence-electron chi connectivity index (χ4n) is 2.65. The van der Waals surface area contributed by atoms with E-state index in [0.29, 0.717) is 5.02 Å². The van der Waals surface area contributed by atoms with E-state index in [1.807, 2.05) is 30.0 Å². The van der Waals surface area contributed by atoms with Crippen LogP contribution in [-0.4, -0.2) is 17.5 Å². The van der Waals surface area contributed by atoms with Gasteiger partial charge in [0.25, 0.3) is 0 Å². The fourth-order valence-corrected chi connectivity index (χ4v) is 3.71. The lowest BCUT2D eigenvalue weighted by molar-refractivity contribution is 0.208. The maximum atomic E-state index is 12.5. The Hall–Kier alpha value is -1.52. The van der Waals surface area contributed by atoms with Crippen LogP contribution in [0, 0.1) is 6.92 Å². The molecular formula is C16H17ClN2OS. The number of likely N-dealkylation sites (tertiary alicyclic amines) is 1. The Balaban J connectivity index is 1.73. The Kier molecular flexibility index (Phi) is 4.17. The Morgan fingerprint density at radius 2 is 2.29 bits per heavy atom. The summed E-state index contributed by atoms with van der Waals surface area (Å²) < 4.78 is 0. The summed E-state index contributed by atoms with van der Waals surface area (Å²) in [5, 5.41) is 5.68. The van der Waals surface area contributed by atoms with Crippen molar-refractivity contribution in [2.24, 2.45) is 0 Å². The molecule has 2 amide bonds. The Bertz CT molecular complexity index is 642. The van der Waals surface area contributed by atoms with Gasteiger partial charge in [-0.2, -0.15) is 0 Å². The number of halogens is 1. The Morgan fingerprint density at radius 3 is 3.00 bits per heavy atom. The summed E-state index contributed by atoms with van der Waals surface area (Å²) >= 11 is 7.81. The summed E-state index contributed by atoms with van der Waals surface area (Å²) in [5.41, 5.74) is 1.75. The smallest absolute Gasteiger partial charge is 0.317 e. The number of amides is 2. The van der Waals surface area contributed by atoms with Crippen LogP contribution in [0.2, 0.25) is 5.02 Å². The van der Waals surface area contributed by atoms with E-state index < -0.39 is 0 Å². The summed E-state index contributed by atoms with van der Waals surface area (Å²) in [5.74, 6) is 0. The summed E-state index contributed by atoms with van der Waals surface area (Å²) in [6, 6.07) is 9.88. The van der Waals surface area contributed by atoms with Gasteiger partial charge in [-0.25, -0.2) is 4.79 Å². The molecule has 1 atom stereocenters. The van der Waals surface area contributed by atoms with Gasteiger partial charge in [0.15, 0.2) is 0 Å². The van der Waals surface area contributed by atoms with E-state index in [2.05, 4.69) is 16.8 Å². The summed E-state index contributed by atoms with van der Waals surface area (Å²) in [6.45, 7) is 2.75. The molecule has 1 aliphatic rings. The van der Waals surface area contributed by atoms with Crippen molar-refractivity contribution < 1.29 is 4.79 Å². The van der Waals surface area contributed by atoms with E-state index in [0.717, 1.165) is 30.6 Å². The van der Waals surface area contributed by atoms with Gasteiger partial charge < -0.3 is 10.2 Å². The molecule has 1 aromatic carbocycles. The van der Waals surface area contributed by atoms with Gasteiger partial charge in [0.1, 0.15) is 0 Å². The highest BCUT2D eigenvalue weighted by Crippen LogP contribution is 2.34. The standard InChI is InChI=1S/C16H17ClN2OS/c1-11-6-7-12(10-13(11)17)18-16(20)19-8-2-4-14(19)15-5-3-9-21-15/h3,5-7,9-10,14H,2,4,8H2,1H3,(H,18,20)/t14-/m1/s1. The van der Waals surface area contributed by atoms with Gasteiger partial charge in [-0.3, -0.25) is 0 Å². The zero-order valence-electron chi connectivity index (χ0n) is 11.8. The fraction of sp³-hybridized carbons (Fsp3) is 0.312. The van der Waals surface area contributed by atoms with Crippen LogP contribution < -0.4 is 5.32 Å². The van der Waals surface area contributed by atoms with Crippen molar-refractivity contribution in [3.05, 3.63) is 51.2 Å². The topological polar surface area (TPSA) is 32.3 Å². The zero-order chi connectivity index (χ0) is 14.8. The third-order valence-electron chi connectivity index (χ3n) is 3.81. The molecule has 1 aromatic heterocycles. The van der Waals surface area contributed by atoms with Crippen LogP contribution in [0.4, 0.5) is 10.5 Å². The summed E-state index contributed by atoms with van der Waals surface area (Å²) in [4.78, 5) is 15.7.